The van der Waals surface area contributed by atoms with Gasteiger partial charge in [-0.05, 0) is 18.1 Å². The number of fused-ring (bicyclic) bond motifs is 1. The lowest BCUT2D eigenvalue weighted by molar-refractivity contribution is -0.384. The molecule has 1 aromatic rings. The van der Waals surface area contributed by atoms with Gasteiger partial charge in [0.1, 0.15) is 6.04 Å². The van der Waals surface area contributed by atoms with Gasteiger partial charge in [-0.2, -0.15) is 5.26 Å². The molecule has 0 spiro atoms. The third kappa shape index (κ3) is 3.06. The molecule has 1 heterocycles. The minimum Gasteiger partial charge on any atom is -0.449 e. The summed E-state index contributed by atoms with van der Waals surface area (Å²) in [4.78, 5) is 23.8. The van der Waals surface area contributed by atoms with Crippen LogP contribution in [0.4, 0.5) is 16.2 Å². The van der Waals surface area contributed by atoms with Crippen LogP contribution >= 0.6 is 0 Å². The van der Waals surface area contributed by atoms with Crippen LogP contribution in [-0.4, -0.2) is 23.7 Å². The fourth-order valence-corrected chi connectivity index (χ4v) is 2.06. The summed E-state index contributed by atoms with van der Waals surface area (Å²) in [5.74, 6) is 0.168. The molecule has 0 N–H and O–H groups in total. The number of nitro groups is 1. The zero-order chi connectivity index (χ0) is 16.3. The molecule has 1 unspecified atom stereocenters. The van der Waals surface area contributed by atoms with E-state index in [4.69, 9.17) is 4.74 Å². The molecule has 0 saturated heterocycles. The first-order valence-corrected chi connectivity index (χ1v) is 6.76. The van der Waals surface area contributed by atoms with Gasteiger partial charge in [0.05, 0.1) is 23.3 Å². The molecule has 114 valence electrons. The van der Waals surface area contributed by atoms with Gasteiger partial charge in [0, 0.05) is 17.7 Å². The van der Waals surface area contributed by atoms with Gasteiger partial charge in [-0.25, -0.2) is 4.79 Å². The highest BCUT2D eigenvalue weighted by Crippen LogP contribution is 2.32. The second kappa shape index (κ2) is 6.26. The van der Waals surface area contributed by atoms with Crippen molar-refractivity contribution in [2.45, 2.75) is 19.9 Å². The number of hydrogen-bond donors (Lipinski definition) is 0. The van der Waals surface area contributed by atoms with Gasteiger partial charge in [-0.3, -0.25) is 15.0 Å². The Balaban J connectivity index is 2.37. The zero-order valence-electron chi connectivity index (χ0n) is 12.2. The van der Waals surface area contributed by atoms with Crippen molar-refractivity contribution in [2.24, 2.45) is 5.92 Å². The largest absolute Gasteiger partial charge is 0.449 e. The van der Waals surface area contributed by atoms with Gasteiger partial charge in [-0.1, -0.05) is 19.9 Å². The molecule has 7 heteroatoms. The molecule has 0 fully saturated rings. The van der Waals surface area contributed by atoms with Crippen molar-refractivity contribution in [3.05, 3.63) is 40.0 Å². The Morgan fingerprint density at radius 3 is 2.86 bits per heavy atom. The van der Waals surface area contributed by atoms with Crippen LogP contribution in [-0.2, 0) is 4.74 Å². The maximum absolute atomic E-state index is 12.2. The molecular weight excluding hydrogens is 286 g/mol. The van der Waals surface area contributed by atoms with E-state index in [0.29, 0.717) is 11.3 Å². The van der Waals surface area contributed by atoms with E-state index in [0.717, 1.165) is 0 Å². The van der Waals surface area contributed by atoms with Crippen molar-refractivity contribution in [3.63, 3.8) is 0 Å². The van der Waals surface area contributed by atoms with E-state index in [1.165, 1.54) is 29.2 Å². The predicted octanol–water partition coefficient (Wildman–Crippen LogP) is 3.11. The third-order valence-electron chi connectivity index (χ3n) is 3.09. The van der Waals surface area contributed by atoms with Crippen molar-refractivity contribution in [1.82, 2.24) is 0 Å². The lowest BCUT2D eigenvalue weighted by Crippen LogP contribution is -2.41. The molecule has 1 atom stereocenters. The highest BCUT2D eigenvalue weighted by molar-refractivity contribution is 5.94. The van der Waals surface area contributed by atoms with Gasteiger partial charge in [0.15, 0.2) is 0 Å². The van der Waals surface area contributed by atoms with Gasteiger partial charge in [-0.15, -0.1) is 0 Å². The number of amides is 1. The Morgan fingerprint density at radius 1 is 1.55 bits per heavy atom. The summed E-state index contributed by atoms with van der Waals surface area (Å²) in [5, 5.41) is 20.0. The number of nitro benzene ring substituents is 1. The fourth-order valence-electron chi connectivity index (χ4n) is 2.06. The number of benzene rings is 1. The number of hydrogen-bond acceptors (Lipinski definition) is 5. The summed E-state index contributed by atoms with van der Waals surface area (Å²) in [5.41, 5.74) is 0.852. The Bertz CT molecular complexity index is 676. The highest BCUT2D eigenvalue weighted by atomic mass is 16.6. The van der Waals surface area contributed by atoms with E-state index in [9.17, 15) is 20.2 Å². The van der Waals surface area contributed by atoms with Crippen molar-refractivity contribution in [2.75, 3.05) is 11.5 Å². The molecule has 1 aromatic carbocycles. The second-order valence-electron chi connectivity index (χ2n) is 5.27. The van der Waals surface area contributed by atoms with Crippen LogP contribution in [0.2, 0.25) is 0 Å². The third-order valence-corrected chi connectivity index (χ3v) is 3.09. The van der Waals surface area contributed by atoms with E-state index < -0.39 is 17.1 Å². The first-order chi connectivity index (χ1) is 10.4. The normalized spacial score (nSPS) is 16.1. The molecule has 0 bridgehead atoms. The average molecular weight is 301 g/mol. The number of nitriles is 1. The number of rotatable bonds is 3. The molecule has 1 aliphatic heterocycles. The standard InChI is InChI=1S/C15H15N3O4/c1-10(2)9-22-15(19)17-13(8-16)4-3-11-7-12(18(20)21)5-6-14(11)17/h3-7,10,13H,9H2,1-2H3. The monoisotopic (exact) mass is 301 g/mol. The maximum atomic E-state index is 12.2. The molecule has 1 amide bonds. The lowest BCUT2D eigenvalue weighted by atomic mass is 10.0. The lowest BCUT2D eigenvalue weighted by Gasteiger charge is -2.29. The summed E-state index contributed by atoms with van der Waals surface area (Å²) < 4.78 is 5.18. The van der Waals surface area contributed by atoms with Crippen LogP contribution in [0.3, 0.4) is 0 Å². The van der Waals surface area contributed by atoms with E-state index in [2.05, 4.69) is 0 Å². The SMILES string of the molecule is CC(C)COC(=O)N1c2ccc([N+](=O)[O-])cc2C=CC1C#N. The topological polar surface area (TPSA) is 96.5 Å². The van der Waals surface area contributed by atoms with Crippen molar-refractivity contribution >= 4 is 23.5 Å². The second-order valence-corrected chi connectivity index (χ2v) is 5.27. The molecule has 0 saturated carbocycles. The molecular formula is C15H15N3O4. The van der Waals surface area contributed by atoms with E-state index >= 15 is 0 Å². The minimum absolute atomic E-state index is 0.0747. The van der Waals surface area contributed by atoms with Crippen molar-refractivity contribution in [1.29, 1.82) is 5.26 Å². The Kier molecular flexibility index (Phi) is 4.41. The van der Waals surface area contributed by atoms with Crippen LogP contribution in [0.15, 0.2) is 24.3 Å². The van der Waals surface area contributed by atoms with E-state index in [1.54, 1.807) is 6.08 Å². The number of carbonyl (C=O) groups is 1. The maximum Gasteiger partial charge on any atom is 0.415 e. The first-order valence-electron chi connectivity index (χ1n) is 6.76. The number of carbonyl (C=O) groups excluding carboxylic acids is 1. The predicted molar refractivity (Wildman–Crippen MR) is 80.2 cm³/mol. The van der Waals surface area contributed by atoms with Gasteiger partial charge in [0.25, 0.3) is 5.69 Å². The number of ether oxygens (including phenoxy) is 1. The molecule has 1 aliphatic rings. The molecule has 22 heavy (non-hydrogen) atoms. The summed E-state index contributed by atoms with van der Waals surface area (Å²) in [6, 6.07) is 5.33. The van der Waals surface area contributed by atoms with Crippen LogP contribution in [0.1, 0.15) is 19.4 Å². The highest BCUT2D eigenvalue weighted by Gasteiger charge is 2.30. The van der Waals surface area contributed by atoms with Crippen LogP contribution in [0.5, 0.6) is 0 Å². The minimum atomic E-state index is -0.798. The summed E-state index contributed by atoms with van der Waals surface area (Å²) in [6.45, 7) is 4.05. The van der Waals surface area contributed by atoms with Crippen LogP contribution < -0.4 is 4.90 Å². The molecule has 7 nitrogen and oxygen atoms in total. The number of non-ortho nitro benzene ring substituents is 1. The van der Waals surface area contributed by atoms with Gasteiger partial charge in [0.2, 0.25) is 0 Å². The zero-order valence-corrected chi connectivity index (χ0v) is 12.2. The summed E-state index contributed by atoms with van der Waals surface area (Å²) >= 11 is 0. The number of anilines is 1. The molecule has 0 aromatic heterocycles. The Hall–Kier alpha value is -2.88. The van der Waals surface area contributed by atoms with E-state index in [-0.39, 0.29) is 18.2 Å². The fraction of sp³-hybridized carbons (Fsp3) is 0.333. The molecule has 0 aliphatic carbocycles. The Labute approximate surface area is 127 Å². The average Bonchev–Trinajstić information content (AvgIpc) is 2.50. The molecule has 2 rings (SSSR count). The van der Waals surface area contributed by atoms with E-state index in [1.807, 2.05) is 19.9 Å². The van der Waals surface area contributed by atoms with Crippen molar-refractivity contribution in [3.8, 4) is 6.07 Å². The quantitative estimate of drug-likeness (QED) is 0.631. The summed E-state index contributed by atoms with van der Waals surface area (Å²) in [6.07, 6.45) is 2.48. The van der Waals surface area contributed by atoms with Gasteiger partial charge < -0.3 is 4.74 Å². The smallest absolute Gasteiger partial charge is 0.415 e. The summed E-state index contributed by atoms with van der Waals surface area (Å²) in [7, 11) is 0. The van der Waals surface area contributed by atoms with Crippen LogP contribution in [0, 0.1) is 27.4 Å². The van der Waals surface area contributed by atoms with Crippen LogP contribution in [0.25, 0.3) is 6.08 Å². The Morgan fingerprint density at radius 2 is 2.27 bits per heavy atom. The molecule has 0 radical (unpaired) electrons. The van der Waals surface area contributed by atoms with Crippen molar-refractivity contribution < 1.29 is 14.5 Å². The van der Waals surface area contributed by atoms with Gasteiger partial charge >= 0.3 is 6.09 Å². The number of nitrogens with zero attached hydrogens (tertiary/aromatic N) is 3. The first kappa shape index (κ1) is 15.5.